The van der Waals surface area contributed by atoms with Crippen molar-refractivity contribution >= 4 is 11.8 Å². The van der Waals surface area contributed by atoms with Crippen LogP contribution in [0.4, 0.5) is 5.82 Å². The van der Waals surface area contributed by atoms with E-state index in [0.29, 0.717) is 18.1 Å². The number of nitrogens with one attached hydrogen (secondary N) is 1. The maximum atomic E-state index is 11.3. The lowest BCUT2D eigenvalue weighted by Gasteiger charge is -2.08. The van der Waals surface area contributed by atoms with Crippen LogP contribution in [0, 0.1) is 6.92 Å². The number of rotatable bonds is 6. The van der Waals surface area contributed by atoms with Gasteiger partial charge >= 0.3 is 5.97 Å². The first-order valence-electron chi connectivity index (χ1n) is 5.89. The van der Waals surface area contributed by atoms with Gasteiger partial charge < -0.3 is 15.2 Å². The highest BCUT2D eigenvalue weighted by Gasteiger charge is 2.11. The molecule has 6 nitrogen and oxygen atoms in total. The Kier molecular flexibility index (Phi) is 5.51. The minimum Gasteiger partial charge on any atom is -0.463 e. The van der Waals surface area contributed by atoms with Crippen molar-refractivity contribution in [3.8, 4) is 0 Å². The van der Waals surface area contributed by atoms with E-state index in [1.54, 1.807) is 19.9 Å². The summed E-state index contributed by atoms with van der Waals surface area (Å²) in [5.41, 5.74) is 0.698. The van der Waals surface area contributed by atoms with E-state index >= 15 is 0 Å². The molecular formula is C12H19N3O3. The average molecular weight is 253 g/mol. The molecule has 0 saturated heterocycles. The number of aryl methyl sites for hydroxylation is 1. The molecule has 0 aliphatic carbocycles. The van der Waals surface area contributed by atoms with E-state index in [1.165, 1.54) is 7.11 Å². The number of aliphatic hydroxyl groups excluding tert-OH is 1. The number of ether oxygens (including phenoxy) is 1. The van der Waals surface area contributed by atoms with Gasteiger partial charge in [0.15, 0.2) is 0 Å². The normalized spacial score (nSPS) is 12.0. The molecule has 0 aromatic carbocycles. The lowest BCUT2D eigenvalue weighted by atomic mass is 10.2. The van der Waals surface area contributed by atoms with Crippen LogP contribution in [0.25, 0.3) is 0 Å². The summed E-state index contributed by atoms with van der Waals surface area (Å²) in [5.74, 6) is 0.0924. The molecule has 1 atom stereocenters. The fourth-order valence-electron chi connectivity index (χ4n) is 1.46. The van der Waals surface area contributed by atoms with Crippen LogP contribution in [0.15, 0.2) is 6.07 Å². The number of anilines is 1. The highest BCUT2D eigenvalue weighted by atomic mass is 16.5. The van der Waals surface area contributed by atoms with Crippen molar-refractivity contribution in [3.63, 3.8) is 0 Å². The van der Waals surface area contributed by atoms with Gasteiger partial charge in [-0.3, -0.25) is 0 Å². The van der Waals surface area contributed by atoms with Crippen LogP contribution in [0.2, 0.25) is 0 Å². The Morgan fingerprint density at radius 1 is 1.56 bits per heavy atom. The first kappa shape index (κ1) is 14.4. The third-order valence-corrected chi connectivity index (χ3v) is 2.33. The summed E-state index contributed by atoms with van der Waals surface area (Å²) >= 11 is 0. The minimum absolute atomic E-state index is 0.0514. The van der Waals surface area contributed by atoms with Crippen molar-refractivity contribution in [2.75, 3.05) is 19.0 Å². The van der Waals surface area contributed by atoms with Crippen molar-refractivity contribution in [1.29, 1.82) is 0 Å². The van der Waals surface area contributed by atoms with Crippen molar-refractivity contribution in [2.45, 2.75) is 32.8 Å². The van der Waals surface area contributed by atoms with Gasteiger partial charge in [-0.1, -0.05) is 0 Å². The number of hydrogen-bond donors (Lipinski definition) is 2. The van der Waals surface area contributed by atoms with Crippen molar-refractivity contribution in [3.05, 3.63) is 17.6 Å². The molecule has 0 bridgehead atoms. The Bertz CT molecular complexity index is 408. The molecule has 0 spiro atoms. The Morgan fingerprint density at radius 2 is 2.28 bits per heavy atom. The van der Waals surface area contributed by atoms with Gasteiger partial charge in [0.05, 0.1) is 13.2 Å². The molecule has 0 fully saturated rings. The quantitative estimate of drug-likeness (QED) is 0.584. The van der Waals surface area contributed by atoms with E-state index < -0.39 is 5.97 Å². The Morgan fingerprint density at radius 3 is 2.89 bits per heavy atom. The summed E-state index contributed by atoms with van der Waals surface area (Å²) in [6.45, 7) is 4.22. The zero-order valence-corrected chi connectivity index (χ0v) is 10.9. The molecule has 1 rings (SSSR count). The van der Waals surface area contributed by atoms with Crippen LogP contribution in [-0.4, -0.2) is 40.8 Å². The molecule has 100 valence electrons. The van der Waals surface area contributed by atoms with Gasteiger partial charge in [0.1, 0.15) is 5.82 Å². The van der Waals surface area contributed by atoms with Crippen LogP contribution in [0.3, 0.4) is 0 Å². The van der Waals surface area contributed by atoms with Crippen LogP contribution in [-0.2, 0) is 4.74 Å². The smallest absolute Gasteiger partial charge is 0.376 e. The van der Waals surface area contributed by atoms with E-state index in [9.17, 15) is 4.79 Å². The highest BCUT2D eigenvalue weighted by molar-refractivity contribution is 5.85. The lowest BCUT2D eigenvalue weighted by molar-refractivity contribution is 0.0586. The summed E-state index contributed by atoms with van der Waals surface area (Å²) in [6.07, 6.45) is 1.25. The van der Waals surface area contributed by atoms with E-state index in [4.69, 9.17) is 5.11 Å². The van der Waals surface area contributed by atoms with Gasteiger partial charge in [0, 0.05) is 18.3 Å². The predicted molar refractivity (Wildman–Crippen MR) is 67.5 cm³/mol. The molecule has 2 N–H and O–H groups in total. The molecular weight excluding hydrogens is 234 g/mol. The van der Waals surface area contributed by atoms with E-state index in [1.807, 2.05) is 0 Å². The Labute approximate surface area is 106 Å². The molecule has 0 amide bonds. The predicted octanol–water partition coefficient (Wildman–Crippen LogP) is 1.14. The third-order valence-electron chi connectivity index (χ3n) is 2.33. The summed E-state index contributed by atoms with van der Waals surface area (Å²) in [6, 6.07) is 1.76. The van der Waals surface area contributed by atoms with Gasteiger partial charge in [0.2, 0.25) is 5.82 Å². The second kappa shape index (κ2) is 6.90. The van der Waals surface area contributed by atoms with Crippen LogP contribution in [0.5, 0.6) is 0 Å². The van der Waals surface area contributed by atoms with Crippen molar-refractivity contribution in [2.24, 2.45) is 0 Å². The number of esters is 1. The van der Waals surface area contributed by atoms with E-state index in [-0.39, 0.29) is 11.9 Å². The van der Waals surface area contributed by atoms with Gasteiger partial charge in [0.25, 0.3) is 0 Å². The topological polar surface area (TPSA) is 84.3 Å². The maximum Gasteiger partial charge on any atom is 0.376 e. The molecule has 6 heteroatoms. The number of aromatic nitrogens is 2. The summed E-state index contributed by atoms with van der Waals surface area (Å²) < 4.78 is 4.58. The largest absolute Gasteiger partial charge is 0.463 e. The van der Waals surface area contributed by atoms with Gasteiger partial charge in [-0.15, -0.1) is 0 Å². The molecule has 1 unspecified atom stereocenters. The first-order chi connectivity index (χ1) is 8.52. The SMILES string of the molecule is COC(=O)c1nc(C)cc(NCCCC(C)O)n1. The molecule has 0 radical (unpaired) electrons. The zero-order chi connectivity index (χ0) is 13.5. The summed E-state index contributed by atoms with van der Waals surface area (Å²) in [4.78, 5) is 19.4. The highest BCUT2D eigenvalue weighted by Crippen LogP contribution is 2.07. The molecule has 1 aromatic heterocycles. The van der Waals surface area contributed by atoms with Crippen molar-refractivity contribution < 1.29 is 14.6 Å². The number of carbonyl (C=O) groups excluding carboxylic acids is 1. The van der Waals surface area contributed by atoms with Crippen LogP contribution >= 0.6 is 0 Å². The van der Waals surface area contributed by atoms with Gasteiger partial charge in [-0.05, 0) is 26.7 Å². The van der Waals surface area contributed by atoms with Crippen LogP contribution < -0.4 is 5.32 Å². The standard InChI is InChI=1S/C12H19N3O3/c1-8-7-10(13-6-4-5-9(2)16)15-11(14-8)12(17)18-3/h7,9,16H,4-6H2,1-3H3,(H,13,14,15). The second-order valence-electron chi connectivity index (χ2n) is 4.13. The molecule has 0 aliphatic rings. The minimum atomic E-state index is -0.550. The summed E-state index contributed by atoms with van der Waals surface area (Å²) in [7, 11) is 1.30. The van der Waals surface area contributed by atoms with Crippen LogP contribution in [0.1, 0.15) is 36.1 Å². The molecule has 18 heavy (non-hydrogen) atoms. The molecule has 1 heterocycles. The fourth-order valence-corrected chi connectivity index (χ4v) is 1.46. The monoisotopic (exact) mass is 253 g/mol. The Balaban J connectivity index is 2.60. The fraction of sp³-hybridized carbons (Fsp3) is 0.583. The average Bonchev–Trinajstić information content (AvgIpc) is 2.32. The Hall–Kier alpha value is -1.69. The van der Waals surface area contributed by atoms with Gasteiger partial charge in [-0.2, -0.15) is 0 Å². The van der Waals surface area contributed by atoms with Gasteiger partial charge in [-0.25, -0.2) is 14.8 Å². The number of nitrogens with zero attached hydrogens (tertiary/aromatic N) is 2. The third kappa shape index (κ3) is 4.67. The first-order valence-corrected chi connectivity index (χ1v) is 5.89. The lowest BCUT2D eigenvalue weighted by Crippen LogP contribution is -2.12. The van der Waals surface area contributed by atoms with E-state index in [0.717, 1.165) is 12.8 Å². The van der Waals surface area contributed by atoms with Crippen molar-refractivity contribution in [1.82, 2.24) is 9.97 Å². The number of carbonyl (C=O) groups is 1. The number of hydrogen-bond acceptors (Lipinski definition) is 6. The maximum absolute atomic E-state index is 11.3. The molecule has 0 saturated carbocycles. The van der Waals surface area contributed by atoms with E-state index in [2.05, 4.69) is 20.0 Å². The number of methoxy groups -OCH3 is 1. The second-order valence-corrected chi connectivity index (χ2v) is 4.13. The zero-order valence-electron chi connectivity index (χ0n) is 10.9. The number of aliphatic hydroxyl groups is 1. The molecule has 0 aliphatic heterocycles. The summed E-state index contributed by atoms with van der Waals surface area (Å²) in [5, 5.41) is 12.2. The molecule has 1 aromatic rings.